The Kier molecular flexibility index (Phi) is 4.91. The molecule has 1 aromatic carbocycles. The predicted molar refractivity (Wildman–Crippen MR) is 65.9 cm³/mol. The molecule has 0 heterocycles. The van der Waals surface area contributed by atoms with Gasteiger partial charge in [-0.25, -0.2) is 4.39 Å². The highest BCUT2D eigenvalue weighted by Crippen LogP contribution is 2.21. The summed E-state index contributed by atoms with van der Waals surface area (Å²) >= 11 is 1.78. The SMILES string of the molecule is CSCCN(C)c1cccc(F)c1CN. The topological polar surface area (TPSA) is 29.3 Å². The molecular formula is C11H17FN2S. The van der Waals surface area contributed by atoms with Crippen molar-refractivity contribution < 1.29 is 4.39 Å². The van der Waals surface area contributed by atoms with Crippen molar-refractivity contribution >= 4 is 17.4 Å². The van der Waals surface area contributed by atoms with Crippen LogP contribution in [0.3, 0.4) is 0 Å². The van der Waals surface area contributed by atoms with E-state index in [-0.39, 0.29) is 12.4 Å². The fourth-order valence-corrected chi connectivity index (χ4v) is 1.91. The normalized spacial score (nSPS) is 10.4. The van der Waals surface area contributed by atoms with Crippen molar-refractivity contribution in [2.75, 3.05) is 30.5 Å². The van der Waals surface area contributed by atoms with Gasteiger partial charge in [0, 0.05) is 37.1 Å². The van der Waals surface area contributed by atoms with Crippen molar-refractivity contribution in [3.63, 3.8) is 0 Å². The molecule has 2 nitrogen and oxygen atoms in total. The Hall–Kier alpha value is -0.740. The molecule has 0 bridgehead atoms. The second-order valence-electron chi connectivity index (χ2n) is 3.36. The van der Waals surface area contributed by atoms with Gasteiger partial charge >= 0.3 is 0 Å². The molecule has 0 unspecified atom stereocenters. The molecule has 0 saturated heterocycles. The third-order valence-corrected chi connectivity index (χ3v) is 2.93. The van der Waals surface area contributed by atoms with Gasteiger partial charge in [0.1, 0.15) is 5.82 Å². The largest absolute Gasteiger partial charge is 0.373 e. The van der Waals surface area contributed by atoms with Crippen LogP contribution in [-0.4, -0.2) is 25.6 Å². The molecule has 2 N–H and O–H groups in total. The fourth-order valence-electron chi connectivity index (χ4n) is 1.46. The van der Waals surface area contributed by atoms with Gasteiger partial charge in [-0.2, -0.15) is 11.8 Å². The number of nitrogens with zero attached hydrogens (tertiary/aromatic N) is 1. The average Bonchev–Trinajstić information content (AvgIpc) is 2.25. The minimum Gasteiger partial charge on any atom is -0.373 e. The van der Waals surface area contributed by atoms with Crippen molar-refractivity contribution in [1.82, 2.24) is 0 Å². The van der Waals surface area contributed by atoms with Crippen LogP contribution in [0.15, 0.2) is 18.2 Å². The van der Waals surface area contributed by atoms with Crippen molar-refractivity contribution in [2.45, 2.75) is 6.54 Å². The van der Waals surface area contributed by atoms with Crippen LogP contribution in [0.1, 0.15) is 5.56 Å². The Morgan fingerprint density at radius 3 is 2.80 bits per heavy atom. The van der Waals surface area contributed by atoms with Crippen LogP contribution < -0.4 is 10.6 Å². The van der Waals surface area contributed by atoms with Crippen molar-refractivity contribution in [2.24, 2.45) is 5.73 Å². The molecule has 4 heteroatoms. The first-order chi connectivity index (χ1) is 7.20. The summed E-state index contributed by atoms with van der Waals surface area (Å²) in [6.07, 6.45) is 2.06. The van der Waals surface area contributed by atoms with E-state index in [0.717, 1.165) is 18.0 Å². The Labute approximate surface area is 94.6 Å². The van der Waals surface area contributed by atoms with E-state index in [2.05, 4.69) is 6.26 Å². The molecule has 84 valence electrons. The standard InChI is InChI=1S/C11H17FN2S/c1-14(6-7-15-2)11-5-3-4-10(12)9(11)8-13/h3-5H,6-8,13H2,1-2H3. The van der Waals surface area contributed by atoms with Crippen LogP contribution in [0.5, 0.6) is 0 Å². The van der Waals surface area contributed by atoms with Gasteiger partial charge in [0.05, 0.1) is 0 Å². The van der Waals surface area contributed by atoms with Crippen LogP contribution in [-0.2, 0) is 6.54 Å². The molecule has 0 aromatic heterocycles. The summed E-state index contributed by atoms with van der Waals surface area (Å²) < 4.78 is 13.4. The Morgan fingerprint density at radius 1 is 1.47 bits per heavy atom. The zero-order chi connectivity index (χ0) is 11.3. The molecule has 0 aliphatic heterocycles. The number of halogens is 1. The van der Waals surface area contributed by atoms with Crippen LogP contribution in [0.25, 0.3) is 0 Å². The van der Waals surface area contributed by atoms with Crippen LogP contribution in [0, 0.1) is 5.82 Å². The average molecular weight is 228 g/mol. The van der Waals surface area contributed by atoms with Gasteiger partial charge in [-0.1, -0.05) is 6.07 Å². The third-order valence-electron chi connectivity index (χ3n) is 2.34. The van der Waals surface area contributed by atoms with Gasteiger partial charge in [-0.3, -0.25) is 0 Å². The lowest BCUT2D eigenvalue weighted by Crippen LogP contribution is -2.22. The Balaban J connectivity index is 2.87. The number of nitrogens with two attached hydrogens (primary N) is 1. The summed E-state index contributed by atoms with van der Waals surface area (Å²) in [4.78, 5) is 2.04. The highest BCUT2D eigenvalue weighted by atomic mass is 32.2. The highest BCUT2D eigenvalue weighted by molar-refractivity contribution is 7.98. The summed E-state index contributed by atoms with van der Waals surface area (Å²) in [7, 11) is 1.96. The van der Waals surface area contributed by atoms with Gasteiger partial charge in [0.15, 0.2) is 0 Å². The molecule has 0 aliphatic carbocycles. The fraction of sp³-hybridized carbons (Fsp3) is 0.455. The number of rotatable bonds is 5. The van der Waals surface area contributed by atoms with Gasteiger partial charge in [0.2, 0.25) is 0 Å². The number of thioether (sulfide) groups is 1. The molecule has 0 radical (unpaired) electrons. The van der Waals surface area contributed by atoms with Gasteiger partial charge in [0.25, 0.3) is 0 Å². The first-order valence-electron chi connectivity index (χ1n) is 4.88. The van der Waals surface area contributed by atoms with Gasteiger partial charge < -0.3 is 10.6 Å². The third kappa shape index (κ3) is 3.11. The van der Waals surface area contributed by atoms with E-state index in [1.165, 1.54) is 6.07 Å². The smallest absolute Gasteiger partial charge is 0.129 e. The summed E-state index contributed by atoms with van der Waals surface area (Å²) in [5.74, 6) is 0.808. The van der Waals surface area contributed by atoms with E-state index in [1.807, 2.05) is 18.0 Å². The van der Waals surface area contributed by atoms with E-state index < -0.39 is 0 Å². The molecule has 0 aliphatic rings. The second kappa shape index (κ2) is 5.98. The van der Waals surface area contributed by atoms with E-state index >= 15 is 0 Å². The maximum absolute atomic E-state index is 13.4. The molecule has 0 atom stereocenters. The highest BCUT2D eigenvalue weighted by Gasteiger charge is 2.09. The van der Waals surface area contributed by atoms with E-state index in [4.69, 9.17) is 5.73 Å². The summed E-state index contributed by atoms with van der Waals surface area (Å²) in [6.45, 7) is 1.14. The van der Waals surface area contributed by atoms with E-state index in [0.29, 0.717) is 5.56 Å². The summed E-state index contributed by atoms with van der Waals surface area (Å²) in [5.41, 5.74) is 7.04. The first kappa shape index (κ1) is 12.3. The number of hydrogen-bond acceptors (Lipinski definition) is 3. The summed E-state index contributed by atoms with van der Waals surface area (Å²) in [6, 6.07) is 5.08. The zero-order valence-electron chi connectivity index (χ0n) is 9.16. The number of anilines is 1. The zero-order valence-corrected chi connectivity index (χ0v) is 9.98. The molecule has 0 spiro atoms. The quantitative estimate of drug-likeness (QED) is 0.836. The number of benzene rings is 1. The molecule has 15 heavy (non-hydrogen) atoms. The molecule has 1 aromatic rings. The lowest BCUT2D eigenvalue weighted by molar-refractivity contribution is 0.610. The van der Waals surface area contributed by atoms with Crippen LogP contribution in [0.4, 0.5) is 10.1 Å². The molecule has 0 amide bonds. The Morgan fingerprint density at radius 2 is 2.20 bits per heavy atom. The van der Waals surface area contributed by atoms with Crippen molar-refractivity contribution in [3.05, 3.63) is 29.6 Å². The van der Waals surface area contributed by atoms with Crippen LogP contribution >= 0.6 is 11.8 Å². The van der Waals surface area contributed by atoms with E-state index in [9.17, 15) is 4.39 Å². The molecule has 0 saturated carbocycles. The Bertz CT molecular complexity index is 317. The van der Waals surface area contributed by atoms with Gasteiger partial charge in [-0.05, 0) is 18.4 Å². The summed E-state index contributed by atoms with van der Waals surface area (Å²) in [5, 5.41) is 0. The van der Waals surface area contributed by atoms with Crippen LogP contribution in [0.2, 0.25) is 0 Å². The second-order valence-corrected chi connectivity index (χ2v) is 4.34. The van der Waals surface area contributed by atoms with Crippen molar-refractivity contribution in [3.8, 4) is 0 Å². The maximum Gasteiger partial charge on any atom is 0.129 e. The predicted octanol–water partition coefficient (Wildman–Crippen LogP) is 2.08. The van der Waals surface area contributed by atoms with Crippen molar-refractivity contribution in [1.29, 1.82) is 0 Å². The molecule has 0 fully saturated rings. The molecule has 1 rings (SSSR count). The lowest BCUT2D eigenvalue weighted by atomic mass is 10.1. The van der Waals surface area contributed by atoms with E-state index in [1.54, 1.807) is 17.8 Å². The first-order valence-corrected chi connectivity index (χ1v) is 6.27. The number of hydrogen-bond donors (Lipinski definition) is 1. The lowest BCUT2D eigenvalue weighted by Gasteiger charge is -2.21. The van der Waals surface area contributed by atoms with Gasteiger partial charge in [-0.15, -0.1) is 0 Å². The minimum absolute atomic E-state index is 0.217. The maximum atomic E-state index is 13.4. The monoisotopic (exact) mass is 228 g/mol. The minimum atomic E-state index is -0.217. The molecular weight excluding hydrogens is 211 g/mol.